The lowest BCUT2D eigenvalue weighted by atomic mass is 10.1. The molecule has 1 atom stereocenters. The van der Waals surface area contributed by atoms with Crippen LogP contribution in [0.5, 0.6) is 0 Å². The molecule has 0 unspecified atom stereocenters. The van der Waals surface area contributed by atoms with Crippen LogP contribution in [-0.2, 0) is 16.4 Å². The Labute approximate surface area is 163 Å². The maximum absolute atomic E-state index is 12.7. The van der Waals surface area contributed by atoms with Crippen molar-refractivity contribution in [3.63, 3.8) is 0 Å². The Morgan fingerprint density at radius 1 is 1.39 bits per heavy atom. The standard InChI is InChI=1S/C18H22N4O5S/c1-12-17(13(2)21(19-12)16-7-8-28(26,27)11-16)10-20(3)18(23)14-5-4-6-15(9-14)22(24)25/h4-6,9,16H,7-8,10-11H2,1-3H3/t16-/m0/s1. The Bertz CT molecular complexity index is 1040. The summed E-state index contributed by atoms with van der Waals surface area (Å²) in [7, 11) is -1.41. The molecule has 2 aromatic rings. The maximum Gasteiger partial charge on any atom is 0.270 e. The first-order chi connectivity index (χ1) is 13.1. The van der Waals surface area contributed by atoms with Crippen molar-refractivity contribution >= 4 is 21.4 Å². The lowest BCUT2D eigenvalue weighted by Gasteiger charge is -2.18. The molecule has 2 heterocycles. The Morgan fingerprint density at radius 3 is 2.71 bits per heavy atom. The van der Waals surface area contributed by atoms with Crippen LogP contribution in [0, 0.1) is 24.0 Å². The highest BCUT2D eigenvalue weighted by atomic mass is 32.2. The molecular formula is C18H22N4O5S. The lowest BCUT2D eigenvalue weighted by Crippen LogP contribution is -2.26. The summed E-state index contributed by atoms with van der Waals surface area (Å²) in [5.74, 6) is -0.0911. The summed E-state index contributed by atoms with van der Waals surface area (Å²) in [5, 5.41) is 15.4. The molecule has 0 N–H and O–H groups in total. The van der Waals surface area contributed by atoms with Crippen molar-refractivity contribution in [2.45, 2.75) is 32.9 Å². The molecule has 0 spiro atoms. The van der Waals surface area contributed by atoms with E-state index in [1.165, 1.54) is 23.1 Å². The first kappa shape index (κ1) is 20.0. The predicted octanol–water partition coefficient (Wildman–Crippen LogP) is 2.04. The van der Waals surface area contributed by atoms with E-state index in [1.807, 2.05) is 13.8 Å². The molecule has 1 aromatic carbocycles. The topological polar surface area (TPSA) is 115 Å². The second kappa shape index (κ2) is 7.34. The quantitative estimate of drug-likeness (QED) is 0.554. The molecule has 0 radical (unpaired) electrons. The van der Waals surface area contributed by atoms with Gasteiger partial charge in [-0.15, -0.1) is 0 Å². The van der Waals surface area contributed by atoms with Gasteiger partial charge in [0.1, 0.15) is 0 Å². The van der Waals surface area contributed by atoms with Gasteiger partial charge in [-0.05, 0) is 26.3 Å². The Balaban J connectivity index is 1.81. The molecule has 1 aromatic heterocycles. The molecule has 10 heteroatoms. The van der Waals surface area contributed by atoms with Crippen molar-refractivity contribution < 1.29 is 18.1 Å². The fourth-order valence-corrected chi connectivity index (χ4v) is 5.22. The second-order valence-corrected chi connectivity index (χ2v) is 9.35. The van der Waals surface area contributed by atoms with E-state index >= 15 is 0 Å². The lowest BCUT2D eigenvalue weighted by molar-refractivity contribution is -0.384. The zero-order valence-corrected chi connectivity index (χ0v) is 16.8. The van der Waals surface area contributed by atoms with Crippen LogP contribution in [0.3, 0.4) is 0 Å². The van der Waals surface area contributed by atoms with Crippen molar-refractivity contribution in [2.75, 3.05) is 18.6 Å². The smallest absolute Gasteiger partial charge is 0.270 e. The summed E-state index contributed by atoms with van der Waals surface area (Å²) in [5.41, 5.74) is 2.52. The zero-order valence-electron chi connectivity index (χ0n) is 16.0. The maximum atomic E-state index is 12.7. The average molecular weight is 406 g/mol. The minimum atomic E-state index is -3.03. The molecule has 1 saturated heterocycles. The van der Waals surface area contributed by atoms with Crippen LogP contribution in [0.25, 0.3) is 0 Å². The summed E-state index contributed by atoms with van der Waals surface area (Å²) in [4.78, 5) is 24.6. The number of non-ortho nitro benzene ring substituents is 1. The monoisotopic (exact) mass is 406 g/mol. The van der Waals surface area contributed by atoms with Crippen molar-refractivity contribution in [2.24, 2.45) is 0 Å². The molecule has 1 amide bonds. The van der Waals surface area contributed by atoms with Gasteiger partial charge in [0.05, 0.1) is 28.2 Å². The zero-order chi connectivity index (χ0) is 20.6. The van der Waals surface area contributed by atoms with Gasteiger partial charge in [-0.1, -0.05) is 6.07 Å². The van der Waals surface area contributed by atoms with E-state index in [-0.39, 0.29) is 41.3 Å². The number of aryl methyl sites for hydroxylation is 1. The van der Waals surface area contributed by atoms with Gasteiger partial charge in [0.25, 0.3) is 11.6 Å². The third-order valence-corrected chi connectivity index (χ3v) is 6.83. The molecule has 0 bridgehead atoms. The van der Waals surface area contributed by atoms with Crippen LogP contribution in [-0.4, -0.2) is 52.5 Å². The summed E-state index contributed by atoms with van der Waals surface area (Å²) in [6.07, 6.45) is 0.534. The third-order valence-electron chi connectivity index (χ3n) is 5.08. The predicted molar refractivity (Wildman–Crippen MR) is 103 cm³/mol. The summed E-state index contributed by atoms with van der Waals surface area (Å²) >= 11 is 0. The number of hydrogen-bond acceptors (Lipinski definition) is 6. The highest BCUT2D eigenvalue weighted by Crippen LogP contribution is 2.27. The van der Waals surface area contributed by atoms with Gasteiger partial charge in [0.15, 0.2) is 9.84 Å². The van der Waals surface area contributed by atoms with Crippen LogP contribution in [0.2, 0.25) is 0 Å². The molecule has 1 fully saturated rings. The molecule has 9 nitrogen and oxygen atoms in total. The van der Waals surface area contributed by atoms with Crippen LogP contribution in [0.4, 0.5) is 5.69 Å². The highest BCUT2D eigenvalue weighted by molar-refractivity contribution is 7.91. The number of hydrogen-bond donors (Lipinski definition) is 0. The molecule has 28 heavy (non-hydrogen) atoms. The first-order valence-corrected chi connectivity index (χ1v) is 10.7. The minimum Gasteiger partial charge on any atom is -0.337 e. The normalized spacial score (nSPS) is 18.2. The Hall–Kier alpha value is -2.75. The number of nitro benzene ring substituents is 1. The van der Waals surface area contributed by atoms with E-state index in [2.05, 4.69) is 5.10 Å². The second-order valence-electron chi connectivity index (χ2n) is 7.12. The molecule has 150 valence electrons. The van der Waals surface area contributed by atoms with Gasteiger partial charge >= 0.3 is 0 Å². The van der Waals surface area contributed by atoms with E-state index < -0.39 is 14.8 Å². The van der Waals surface area contributed by atoms with Crippen LogP contribution in [0.15, 0.2) is 24.3 Å². The molecule has 1 aliphatic heterocycles. The molecule has 3 rings (SSSR count). The number of aromatic nitrogens is 2. The minimum absolute atomic E-state index is 0.0802. The Kier molecular flexibility index (Phi) is 5.24. The van der Waals surface area contributed by atoms with Gasteiger partial charge in [0, 0.05) is 42.5 Å². The number of benzene rings is 1. The van der Waals surface area contributed by atoms with Crippen LogP contribution >= 0.6 is 0 Å². The number of nitrogens with zero attached hydrogens (tertiary/aromatic N) is 4. The van der Waals surface area contributed by atoms with E-state index in [1.54, 1.807) is 17.8 Å². The number of nitro groups is 1. The van der Waals surface area contributed by atoms with Crippen LogP contribution < -0.4 is 0 Å². The van der Waals surface area contributed by atoms with Gasteiger partial charge in [-0.2, -0.15) is 5.10 Å². The van der Waals surface area contributed by atoms with Crippen molar-refractivity contribution in [3.8, 4) is 0 Å². The van der Waals surface area contributed by atoms with Crippen molar-refractivity contribution in [3.05, 3.63) is 56.9 Å². The SMILES string of the molecule is Cc1nn([C@H]2CCS(=O)(=O)C2)c(C)c1CN(C)C(=O)c1cccc([N+](=O)[O-])c1. The summed E-state index contributed by atoms with van der Waals surface area (Å²) in [6, 6.07) is 5.43. The number of rotatable bonds is 5. The first-order valence-electron chi connectivity index (χ1n) is 8.84. The van der Waals surface area contributed by atoms with Crippen molar-refractivity contribution in [1.82, 2.24) is 14.7 Å². The number of carbonyl (C=O) groups is 1. The molecular weight excluding hydrogens is 384 g/mol. The van der Waals surface area contributed by atoms with Gasteiger partial charge in [-0.3, -0.25) is 19.6 Å². The van der Waals surface area contributed by atoms with Crippen molar-refractivity contribution in [1.29, 1.82) is 0 Å². The average Bonchev–Trinajstić information content (AvgIpc) is 3.14. The molecule has 0 aliphatic carbocycles. The van der Waals surface area contributed by atoms with E-state index in [0.717, 1.165) is 17.0 Å². The van der Waals surface area contributed by atoms with Gasteiger partial charge < -0.3 is 4.90 Å². The van der Waals surface area contributed by atoms with Gasteiger partial charge in [0.2, 0.25) is 0 Å². The summed E-state index contributed by atoms with van der Waals surface area (Å²) < 4.78 is 25.3. The molecule has 1 aliphatic rings. The largest absolute Gasteiger partial charge is 0.337 e. The van der Waals surface area contributed by atoms with Crippen LogP contribution in [0.1, 0.15) is 39.8 Å². The summed E-state index contributed by atoms with van der Waals surface area (Å²) in [6.45, 7) is 3.97. The van der Waals surface area contributed by atoms with Gasteiger partial charge in [-0.25, -0.2) is 8.42 Å². The third kappa shape index (κ3) is 3.91. The van der Waals surface area contributed by atoms with E-state index in [0.29, 0.717) is 6.42 Å². The molecule has 0 saturated carbocycles. The van der Waals surface area contributed by atoms with E-state index in [9.17, 15) is 23.3 Å². The fourth-order valence-electron chi connectivity index (χ4n) is 3.53. The number of sulfone groups is 1. The number of amides is 1. The van der Waals surface area contributed by atoms with E-state index in [4.69, 9.17) is 0 Å². The Morgan fingerprint density at radius 2 is 2.11 bits per heavy atom. The fraction of sp³-hybridized carbons (Fsp3) is 0.444. The number of carbonyl (C=O) groups excluding carboxylic acids is 1. The highest BCUT2D eigenvalue weighted by Gasteiger charge is 2.31.